The molecular weight excluding hydrogens is 348 g/mol. The number of carbonyl (C=O) groups is 1. The molecule has 3 aromatic rings. The van der Waals surface area contributed by atoms with Gasteiger partial charge in [-0.2, -0.15) is 10.2 Å². The van der Waals surface area contributed by atoms with Gasteiger partial charge in [0.05, 0.1) is 43.4 Å². The summed E-state index contributed by atoms with van der Waals surface area (Å²) in [6, 6.07) is 3.41. The molecule has 0 saturated carbocycles. The van der Waals surface area contributed by atoms with Crippen molar-refractivity contribution in [3.05, 3.63) is 42.7 Å². The summed E-state index contributed by atoms with van der Waals surface area (Å²) in [7, 11) is 1.83. The minimum atomic E-state index is -0.308. The number of ether oxygens (including phenoxy) is 1. The van der Waals surface area contributed by atoms with Gasteiger partial charge in [-0.25, -0.2) is 0 Å². The Kier molecular flexibility index (Phi) is 5.03. The second kappa shape index (κ2) is 7.77. The Morgan fingerprint density at radius 2 is 2.00 bits per heavy atom. The van der Waals surface area contributed by atoms with Crippen LogP contribution in [-0.2, 0) is 18.3 Å². The van der Waals surface area contributed by atoms with Crippen molar-refractivity contribution in [3.8, 4) is 11.3 Å². The molecule has 1 saturated heterocycles. The first-order valence-electron chi connectivity index (χ1n) is 8.90. The number of furan rings is 1. The lowest BCUT2D eigenvalue weighted by Gasteiger charge is -2.26. The largest absolute Gasteiger partial charge is 0.451 e. The third kappa shape index (κ3) is 4.26. The normalized spacial score (nSPS) is 15.1. The van der Waals surface area contributed by atoms with E-state index in [-0.39, 0.29) is 11.7 Å². The first kappa shape index (κ1) is 17.5. The first-order valence-corrected chi connectivity index (χ1v) is 8.90. The molecule has 0 atom stereocenters. The molecule has 9 nitrogen and oxygen atoms in total. The van der Waals surface area contributed by atoms with E-state index in [4.69, 9.17) is 9.15 Å². The van der Waals surface area contributed by atoms with Crippen molar-refractivity contribution in [2.24, 2.45) is 7.05 Å². The van der Waals surface area contributed by atoms with Gasteiger partial charge in [-0.1, -0.05) is 0 Å². The smallest absolute Gasteiger partial charge is 0.291 e. The molecule has 1 N–H and O–H groups in total. The molecule has 9 heteroatoms. The maximum Gasteiger partial charge on any atom is 0.291 e. The molecule has 0 aromatic carbocycles. The quantitative estimate of drug-likeness (QED) is 0.707. The molecule has 27 heavy (non-hydrogen) atoms. The topological polar surface area (TPSA) is 90.4 Å². The molecular formula is C18H22N6O3. The number of carbonyl (C=O) groups excluding carboxylic acids is 1. The number of nitrogens with one attached hydrogen (secondary N) is 1. The highest BCUT2D eigenvalue weighted by Gasteiger charge is 2.15. The van der Waals surface area contributed by atoms with Crippen LogP contribution >= 0.6 is 0 Å². The number of morpholine rings is 1. The lowest BCUT2D eigenvalue weighted by Crippen LogP contribution is -2.38. The summed E-state index contributed by atoms with van der Waals surface area (Å²) in [5.74, 6) is 0.544. The number of anilines is 1. The molecule has 1 aliphatic rings. The molecule has 0 radical (unpaired) electrons. The van der Waals surface area contributed by atoms with Crippen molar-refractivity contribution in [1.82, 2.24) is 24.5 Å². The lowest BCUT2D eigenvalue weighted by atomic mass is 10.3. The predicted octanol–water partition coefficient (Wildman–Crippen LogP) is 1.46. The van der Waals surface area contributed by atoms with Crippen molar-refractivity contribution >= 4 is 11.6 Å². The van der Waals surface area contributed by atoms with E-state index in [1.54, 1.807) is 29.2 Å². The van der Waals surface area contributed by atoms with Gasteiger partial charge in [0.15, 0.2) is 5.76 Å². The Morgan fingerprint density at radius 3 is 2.78 bits per heavy atom. The zero-order valence-electron chi connectivity index (χ0n) is 15.2. The molecule has 1 fully saturated rings. The molecule has 0 aliphatic carbocycles. The number of hydrogen-bond acceptors (Lipinski definition) is 6. The highest BCUT2D eigenvalue weighted by atomic mass is 16.5. The average molecular weight is 370 g/mol. The molecule has 1 aliphatic heterocycles. The second-order valence-corrected chi connectivity index (χ2v) is 6.47. The van der Waals surface area contributed by atoms with Crippen molar-refractivity contribution in [2.75, 3.05) is 38.2 Å². The average Bonchev–Trinajstić information content (AvgIpc) is 3.41. The summed E-state index contributed by atoms with van der Waals surface area (Å²) in [6.45, 7) is 5.13. The molecule has 3 aromatic heterocycles. The van der Waals surface area contributed by atoms with Crippen LogP contribution < -0.4 is 5.32 Å². The van der Waals surface area contributed by atoms with Gasteiger partial charge in [0.1, 0.15) is 5.76 Å². The van der Waals surface area contributed by atoms with E-state index in [1.807, 2.05) is 24.1 Å². The van der Waals surface area contributed by atoms with E-state index in [0.29, 0.717) is 11.4 Å². The van der Waals surface area contributed by atoms with Gasteiger partial charge >= 0.3 is 0 Å². The Hall–Kier alpha value is -2.91. The molecule has 4 heterocycles. The number of aromatic nitrogens is 4. The number of hydrogen-bond donors (Lipinski definition) is 1. The van der Waals surface area contributed by atoms with Crippen LogP contribution in [0.1, 0.15) is 10.6 Å². The fraction of sp³-hybridized carbons (Fsp3) is 0.389. The highest BCUT2D eigenvalue weighted by molar-refractivity contribution is 6.02. The third-order valence-electron chi connectivity index (χ3n) is 4.46. The number of rotatable bonds is 6. The molecule has 0 bridgehead atoms. The van der Waals surface area contributed by atoms with Crippen LogP contribution in [0.5, 0.6) is 0 Å². The maximum atomic E-state index is 12.4. The maximum absolute atomic E-state index is 12.4. The fourth-order valence-electron chi connectivity index (χ4n) is 2.98. The van der Waals surface area contributed by atoms with Crippen LogP contribution in [0.2, 0.25) is 0 Å². The van der Waals surface area contributed by atoms with E-state index in [9.17, 15) is 4.79 Å². The van der Waals surface area contributed by atoms with Gasteiger partial charge in [0.2, 0.25) is 0 Å². The first-order chi connectivity index (χ1) is 13.2. The van der Waals surface area contributed by atoms with E-state index in [2.05, 4.69) is 20.4 Å². The third-order valence-corrected chi connectivity index (χ3v) is 4.46. The lowest BCUT2D eigenvalue weighted by molar-refractivity contribution is 0.0360. The van der Waals surface area contributed by atoms with E-state index < -0.39 is 0 Å². The standard InChI is InChI=1S/C18H22N6O3/c1-22-12-14(10-19-22)16-2-3-17(27-16)18(25)21-15-11-20-24(13-15)5-4-23-6-8-26-9-7-23/h2-3,10-13H,4-9H2,1H3,(H,21,25). The van der Waals surface area contributed by atoms with E-state index in [0.717, 1.165) is 45.0 Å². The van der Waals surface area contributed by atoms with Gasteiger partial charge in [-0.3, -0.25) is 19.1 Å². The van der Waals surface area contributed by atoms with Crippen molar-refractivity contribution < 1.29 is 13.9 Å². The molecule has 0 spiro atoms. The Morgan fingerprint density at radius 1 is 1.15 bits per heavy atom. The molecule has 0 unspecified atom stereocenters. The van der Waals surface area contributed by atoms with Crippen LogP contribution in [0.15, 0.2) is 41.3 Å². The predicted molar refractivity (Wildman–Crippen MR) is 98.3 cm³/mol. The number of amides is 1. The molecule has 142 valence electrons. The summed E-state index contributed by atoms with van der Waals surface area (Å²) < 4.78 is 14.5. The molecule has 1 amide bonds. The van der Waals surface area contributed by atoms with E-state index in [1.165, 1.54) is 0 Å². The van der Waals surface area contributed by atoms with Gasteiger partial charge in [0, 0.05) is 39.1 Å². The minimum Gasteiger partial charge on any atom is -0.451 e. The van der Waals surface area contributed by atoms with Gasteiger partial charge in [0.25, 0.3) is 5.91 Å². The highest BCUT2D eigenvalue weighted by Crippen LogP contribution is 2.22. The van der Waals surface area contributed by atoms with Crippen LogP contribution in [0.25, 0.3) is 11.3 Å². The Labute approximate surface area is 156 Å². The zero-order chi connectivity index (χ0) is 18.6. The minimum absolute atomic E-state index is 0.245. The van der Waals surface area contributed by atoms with Gasteiger partial charge in [-0.15, -0.1) is 0 Å². The van der Waals surface area contributed by atoms with Crippen molar-refractivity contribution in [2.45, 2.75) is 6.54 Å². The molecule has 4 rings (SSSR count). The Bertz CT molecular complexity index is 906. The van der Waals surface area contributed by atoms with Crippen LogP contribution in [0, 0.1) is 0 Å². The monoisotopic (exact) mass is 370 g/mol. The summed E-state index contributed by atoms with van der Waals surface area (Å²) in [5.41, 5.74) is 1.47. The number of nitrogens with zero attached hydrogens (tertiary/aromatic N) is 5. The summed E-state index contributed by atoms with van der Waals surface area (Å²) in [5, 5.41) is 11.2. The summed E-state index contributed by atoms with van der Waals surface area (Å²) in [4.78, 5) is 14.7. The SMILES string of the molecule is Cn1cc(-c2ccc(C(=O)Nc3cnn(CCN4CCOCC4)c3)o2)cn1. The van der Waals surface area contributed by atoms with Crippen LogP contribution in [0.4, 0.5) is 5.69 Å². The zero-order valence-corrected chi connectivity index (χ0v) is 15.2. The Balaban J connectivity index is 1.33. The van der Waals surface area contributed by atoms with Gasteiger partial charge in [-0.05, 0) is 12.1 Å². The van der Waals surface area contributed by atoms with Crippen LogP contribution in [0.3, 0.4) is 0 Å². The summed E-state index contributed by atoms with van der Waals surface area (Å²) >= 11 is 0. The fourth-order valence-corrected chi connectivity index (χ4v) is 2.98. The van der Waals surface area contributed by atoms with Gasteiger partial charge < -0.3 is 14.5 Å². The number of aryl methyl sites for hydroxylation is 1. The van der Waals surface area contributed by atoms with Crippen molar-refractivity contribution in [1.29, 1.82) is 0 Å². The van der Waals surface area contributed by atoms with E-state index >= 15 is 0 Å². The van der Waals surface area contributed by atoms with Crippen LogP contribution in [-0.4, -0.2) is 63.2 Å². The van der Waals surface area contributed by atoms with Crippen molar-refractivity contribution in [3.63, 3.8) is 0 Å². The summed E-state index contributed by atoms with van der Waals surface area (Å²) in [6.07, 6.45) is 6.99. The second-order valence-electron chi connectivity index (χ2n) is 6.47.